The number of carbonyl (C=O) groups is 3. The van der Waals surface area contributed by atoms with Crippen molar-refractivity contribution in [3.8, 4) is 0 Å². The zero-order valence-electron chi connectivity index (χ0n) is 13.9. The number of ether oxygens (including phenoxy) is 1. The van der Waals surface area contributed by atoms with Crippen LogP contribution in [0.3, 0.4) is 0 Å². The van der Waals surface area contributed by atoms with E-state index in [0.29, 0.717) is 13.1 Å². The van der Waals surface area contributed by atoms with Crippen LogP contribution in [0.2, 0.25) is 5.02 Å². The molecule has 1 aromatic rings. The molecule has 1 fully saturated rings. The van der Waals surface area contributed by atoms with E-state index in [4.69, 9.17) is 22.1 Å². The highest BCUT2D eigenvalue weighted by atomic mass is 35.5. The molecule has 0 radical (unpaired) electrons. The quantitative estimate of drug-likeness (QED) is 0.700. The molecule has 11 heteroatoms. The zero-order chi connectivity index (χ0) is 19.5. The Morgan fingerprint density at radius 3 is 2.46 bits per heavy atom. The molecule has 1 aromatic carbocycles. The SMILES string of the molecule is C[C@H](OC(=O)c1ccc(Cl)c(S(=O)(=O)N2CCCC2)c1)C(=O)NC(N)=O. The highest BCUT2D eigenvalue weighted by molar-refractivity contribution is 7.89. The highest BCUT2D eigenvalue weighted by Crippen LogP contribution is 2.28. The average Bonchev–Trinajstić information content (AvgIpc) is 3.09. The largest absolute Gasteiger partial charge is 0.449 e. The summed E-state index contributed by atoms with van der Waals surface area (Å²) in [6, 6.07) is 2.59. The number of urea groups is 1. The predicted molar refractivity (Wildman–Crippen MR) is 92.0 cm³/mol. The molecule has 3 amide bonds. The fraction of sp³-hybridized carbons (Fsp3) is 0.400. The van der Waals surface area contributed by atoms with Gasteiger partial charge in [-0.1, -0.05) is 11.6 Å². The van der Waals surface area contributed by atoms with E-state index in [1.54, 1.807) is 5.32 Å². The summed E-state index contributed by atoms with van der Waals surface area (Å²) in [5, 5.41) is 1.76. The topological polar surface area (TPSA) is 136 Å². The summed E-state index contributed by atoms with van der Waals surface area (Å²) in [5.74, 6) is -1.84. The molecule has 0 unspecified atom stereocenters. The van der Waals surface area contributed by atoms with Crippen LogP contribution in [-0.4, -0.2) is 49.8 Å². The van der Waals surface area contributed by atoms with E-state index >= 15 is 0 Å². The van der Waals surface area contributed by atoms with Gasteiger partial charge >= 0.3 is 12.0 Å². The van der Waals surface area contributed by atoms with E-state index in [-0.39, 0.29) is 15.5 Å². The van der Waals surface area contributed by atoms with Crippen LogP contribution in [0.4, 0.5) is 4.79 Å². The van der Waals surface area contributed by atoms with Gasteiger partial charge < -0.3 is 10.5 Å². The Hall–Kier alpha value is -2.17. The number of rotatable bonds is 5. The Kier molecular flexibility index (Phi) is 6.21. The maximum absolute atomic E-state index is 12.7. The molecule has 0 bridgehead atoms. The number of primary amides is 1. The van der Waals surface area contributed by atoms with Crippen LogP contribution in [0.25, 0.3) is 0 Å². The molecule has 1 heterocycles. The number of halogens is 1. The van der Waals surface area contributed by atoms with Crippen molar-refractivity contribution in [3.63, 3.8) is 0 Å². The fourth-order valence-corrected chi connectivity index (χ4v) is 4.42. The maximum atomic E-state index is 12.7. The Morgan fingerprint density at radius 1 is 1.27 bits per heavy atom. The summed E-state index contributed by atoms with van der Waals surface area (Å²) in [6.45, 7) is 2.02. The van der Waals surface area contributed by atoms with Crippen LogP contribution >= 0.6 is 11.6 Å². The summed E-state index contributed by atoms with van der Waals surface area (Å²) in [4.78, 5) is 34.2. The molecule has 3 N–H and O–H groups in total. The lowest BCUT2D eigenvalue weighted by Gasteiger charge is -2.17. The number of amides is 3. The van der Waals surface area contributed by atoms with Gasteiger partial charge in [-0.2, -0.15) is 4.31 Å². The summed E-state index contributed by atoms with van der Waals surface area (Å²) >= 11 is 6.00. The van der Waals surface area contributed by atoms with Gasteiger partial charge in [0.1, 0.15) is 4.90 Å². The maximum Gasteiger partial charge on any atom is 0.338 e. The van der Waals surface area contributed by atoms with Gasteiger partial charge in [0.15, 0.2) is 6.10 Å². The van der Waals surface area contributed by atoms with E-state index in [1.807, 2.05) is 0 Å². The molecule has 1 atom stereocenters. The smallest absolute Gasteiger partial charge is 0.338 e. The molecule has 0 aliphatic carbocycles. The van der Waals surface area contributed by atoms with Gasteiger partial charge in [0.05, 0.1) is 10.6 Å². The van der Waals surface area contributed by atoms with Crippen molar-refractivity contribution in [1.82, 2.24) is 9.62 Å². The van der Waals surface area contributed by atoms with Gasteiger partial charge in [0.2, 0.25) is 10.0 Å². The molecule has 2 rings (SSSR count). The fourth-order valence-electron chi connectivity index (χ4n) is 2.40. The van der Waals surface area contributed by atoms with Crippen LogP contribution in [-0.2, 0) is 19.6 Å². The molecule has 0 saturated carbocycles. The van der Waals surface area contributed by atoms with E-state index in [1.165, 1.54) is 23.4 Å². The number of nitrogens with one attached hydrogen (secondary N) is 1. The van der Waals surface area contributed by atoms with Gasteiger partial charge in [0, 0.05) is 13.1 Å². The van der Waals surface area contributed by atoms with Crippen molar-refractivity contribution in [2.45, 2.75) is 30.8 Å². The number of hydrogen-bond donors (Lipinski definition) is 2. The first-order valence-corrected chi connectivity index (χ1v) is 9.55. The molecular weight excluding hydrogens is 386 g/mol. The lowest BCUT2D eigenvalue weighted by Crippen LogP contribution is -2.42. The Balaban J connectivity index is 2.22. The van der Waals surface area contributed by atoms with Crippen molar-refractivity contribution in [2.24, 2.45) is 5.73 Å². The van der Waals surface area contributed by atoms with Gasteiger partial charge in [-0.3, -0.25) is 10.1 Å². The average molecular weight is 404 g/mol. The zero-order valence-corrected chi connectivity index (χ0v) is 15.5. The lowest BCUT2D eigenvalue weighted by molar-refractivity contribution is -0.127. The number of nitrogens with two attached hydrogens (primary N) is 1. The second-order valence-corrected chi connectivity index (χ2v) is 7.97. The summed E-state index contributed by atoms with van der Waals surface area (Å²) in [7, 11) is -3.83. The monoisotopic (exact) mass is 403 g/mol. The first-order valence-electron chi connectivity index (χ1n) is 7.74. The second kappa shape index (κ2) is 8.02. The number of carbonyl (C=O) groups excluding carboxylic acids is 3. The minimum absolute atomic E-state index is 0.0204. The third-order valence-electron chi connectivity index (χ3n) is 3.75. The van der Waals surface area contributed by atoms with E-state index in [2.05, 4.69) is 0 Å². The first kappa shape index (κ1) is 20.1. The Labute approximate surface area is 155 Å². The van der Waals surface area contributed by atoms with Crippen LogP contribution in [0.15, 0.2) is 23.1 Å². The number of hydrogen-bond acceptors (Lipinski definition) is 6. The normalized spacial score (nSPS) is 16.1. The predicted octanol–water partition coefficient (Wildman–Crippen LogP) is 0.865. The lowest BCUT2D eigenvalue weighted by atomic mass is 10.2. The molecule has 26 heavy (non-hydrogen) atoms. The van der Waals surface area contributed by atoms with Crippen LogP contribution < -0.4 is 11.1 Å². The third-order valence-corrected chi connectivity index (χ3v) is 6.13. The van der Waals surface area contributed by atoms with Gasteiger partial charge in [-0.15, -0.1) is 0 Å². The Bertz CT molecular complexity index is 836. The van der Waals surface area contributed by atoms with Crippen molar-refractivity contribution in [1.29, 1.82) is 0 Å². The number of nitrogens with zero attached hydrogens (tertiary/aromatic N) is 1. The van der Waals surface area contributed by atoms with Crippen molar-refractivity contribution >= 4 is 39.5 Å². The molecule has 1 saturated heterocycles. The van der Waals surface area contributed by atoms with Crippen molar-refractivity contribution < 1.29 is 27.5 Å². The molecule has 0 spiro atoms. The number of sulfonamides is 1. The number of imide groups is 1. The summed E-state index contributed by atoms with van der Waals surface area (Å²) in [6.07, 6.45) is 0.209. The molecular formula is C15H18ClN3O6S. The van der Waals surface area contributed by atoms with Crippen LogP contribution in [0.5, 0.6) is 0 Å². The molecule has 0 aromatic heterocycles. The van der Waals surface area contributed by atoms with E-state index in [9.17, 15) is 22.8 Å². The molecule has 1 aliphatic rings. The minimum Gasteiger partial charge on any atom is -0.449 e. The highest BCUT2D eigenvalue weighted by Gasteiger charge is 2.30. The van der Waals surface area contributed by atoms with Gasteiger partial charge in [0.25, 0.3) is 5.91 Å². The second-order valence-electron chi connectivity index (χ2n) is 5.66. The van der Waals surface area contributed by atoms with Gasteiger partial charge in [-0.05, 0) is 38.0 Å². The summed E-state index contributed by atoms with van der Waals surface area (Å²) < 4.78 is 31.5. The number of benzene rings is 1. The van der Waals surface area contributed by atoms with E-state index < -0.39 is 34.0 Å². The number of esters is 1. The third kappa shape index (κ3) is 4.51. The minimum atomic E-state index is -3.83. The van der Waals surface area contributed by atoms with Crippen molar-refractivity contribution in [3.05, 3.63) is 28.8 Å². The van der Waals surface area contributed by atoms with Crippen LogP contribution in [0.1, 0.15) is 30.1 Å². The Morgan fingerprint density at radius 2 is 1.88 bits per heavy atom. The van der Waals surface area contributed by atoms with Crippen molar-refractivity contribution in [2.75, 3.05) is 13.1 Å². The standard InChI is InChI=1S/C15H18ClN3O6S/c1-9(13(20)18-15(17)22)25-14(21)10-4-5-11(16)12(8-10)26(23,24)19-6-2-3-7-19/h4-5,8-9H,2-3,6-7H2,1H3,(H3,17,18,20,22)/t9-/m0/s1. The molecule has 1 aliphatic heterocycles. The molecule has 9 nitrogen and oxygen atoms in total. The van der Waals surface area contributed by atoms with E-state index in [0.717, 1.165) is 18.9 Å². The first-order chi connectivity index (χ1) is 12.1. The van der Waals surface area contributed by atoms with Gasteiger partial charge in [-0.25, -0.2) is 18.0 Å². The van der Waals surface area contributed by atoms with Crippen LogP contribution in [0, 0.1) is 0 Å². The molecule has 142 valence electrons. The summed E-state index contributed by atoms with van der Waals surface area (Å²) in [5.41, 5.74) is 4.73.